The highest BCUT2D eigenvalue weighted by molar-refractivity contribution is 8.01. The number of likely N-dealkylation sites (N-methyl/N-ethyl adjacent to an activating group) is 1. The van der Waals surface area contributed by atoms with Gasteiger partial charge in [-0.15, -0.1) is 0 Å². The molecule has 2 aliphatic rings. The highest BCUT2D eigenvalue weighted by Crippen LogP contribution is 2.38. The summed E-state index contributed by atoms with van der Waals surface area (Å²) in [5.74, 6) is -0.292. The van der Waals surface area contributed by atoms with E-state index in [1.807, 2.05) is 68.3 Å². The van der Waals surface area contributed by atoms with E-state index in [-0.39, 0.29) is 12.7 Å². The molecule has 2 N–H and O–H groups in total. The Hall–Kier alpha value is -3.13. The Bertz CT molecular complexity index is 1010. The first-order valence-electron chi connectivity index (χ1n) is 10.9. The van der Waals surface area contributed by atoms with Crippen LogP contribution in [0.4, 0.5) is 0 Å². The monoisotopic (exact) mass is 470 g/mol. The molecule has 2 aliphatic heterocycles. The molecule has 176 valence electrons. The molecule has 1 aromatic carbocycles. The highest BCUT2D eigenvalue weighted by atomic mass is 32.2. The quantitative estimate of drug-likeness (QED) is 0.439. The predicted octanol–water partition coefficient (Wildman–Crippen LogP) is 4.75. The number of carboxylic acids is 1. The molecule has 1 amide bonds. The number of fused-ring (bicyclic) bond motifs is 1. The average molecular weight is 471 g/mol. The number of rotatable bonds is 7. The van der Waals surface area contributed by atoms with Crippen molar-refractivity contribution in [1.29, 1.82) is 0 Å². The Morgan fingerprint density at radius 1 is 1.24 bits per heavy atom. The van der Waals surface area contributed by atoms with Gasteiger partial charge in [0.2, 0.25) is 12.7 Å². The van der Waals surface area contributed by atoms with E-state index in [9.17, 15) is 14.7 Å². The van der Waals surface area contributed by atoms with Gasteiger partial charge in [0.15, 0.2) is 11.5 Å². The third kappa shape index (κ3) is 6.44. The number of benzene rings is 1. The third-order valence-electron chi connectivity index (χ3n) is 5.54. The van der Waals surface area contributed by atoms with Crippen LogP contribution in [0.15, 0.2) is 64.8 Å². The molecule has 1 unspecified atom stereocenters. The fraction of sp³-hybridized carbons (Fsp3) is 0.360. The lowest BCUT2D eigenvalue weighted by Gasteiger charge is -2.25. The van der Waals surface area contributed by atoms with Crippen LogP contribution in [0.1, 0.15) is 45.1 Å². The summed E-state index contributed by atoms with van der Waals surface area (Å²) < 4.78 is 14.0. The van der Waals surface area contributed by atoms with Gasteiger partial charge in [-0.25, -0.2) is 4.79 Å². The van der Waals surface area contributed by atoms with Gasteiger partial charge >= 0.3 is 5.97 Å². The molecule has 0 bridgehead atoms. The summed E-state index contributed by atoms with van der Waals surface area (Å²) in [6.45, 7) is 7.17. The zero-order valence-corrected chi connectivity index (χ0v) is 20.0. The van der Waals surface area contributed by atoms with Gasteiger partial charge in [-0.3, -0.25) is 9.52 Å². The standard InChI is InChI=1S/C25H30N2O5S/c1-4-17(3)33-26-24(28)23(19-10-11-21-22(14-19)32-16-31-21)20-9-7-6-8-18(25(29)30)12-13-27(5-2)15-20/h4,6-7,10-12,14-15,23H,5,8-9,13,16H2,1-3H3,(H,26,28)(H,29,30)/b7-6-,17-4+,18-12+,20-15+. The van der Waals surface area contributed by atoms with Gasteiger partial charge in [0, 0.05) is 18.7 Å². The number of amides is 1. The Kier molecular flexibility index (Phi) is 8.65. The summed E-state index contributed by atoms with van der Waals surface area (Å²) >= 11 is 1.30. The summed E-state index contributed by atoms with van der Waals surface area (Å²) in [6.07, 6.45) is 10.3. The van der Waals surface area contributed by atoms with E-state index in [4.69, 9.17) is 9.47 Å². The molecular formula is C25H30N2O5S. The molecule has 2 heterocycles. The molecule has 1 aromatic rings. The van der Waals surface area contributed by atoms with Gasteiger partial charge in [0.25, 0.3) is 0 Å². The van der Waals surface area contributed by atoms with Crippen molar-refractivity contribution in [2.75, 3.05) is 19.9 Å². The van der Waals surface area contributed by atoms with Crippen LogP contribution in [0.25, 0.3) is 0 Å². The molecule has 1 atom stereocenters. The molecule has 3 rings (SSSR count). The minimum atomic E-state index is -0.908. The summed E-state index contributed by atoms with van der Waals surface area (Å²) in [5, 5.41) is 9.42. The van der Waals surface area contributed by atoms with Crippen molar-refractivity contribution in [3.8, 4) is 11.5 Å². The lowest BCUT2D eigenvalue weighted by molar-refractivity contribution is -0.132. The molecule has 8 heteroatoms. The highest BCUT2D eigenvalue weighted by Gasteiger charge is 2.27. The Morgan fingerprint density at radius 2 is 2.00 bits per heavy atom. The van der Waals surface area contributed by atoms with Crippen LogP contribution in [0, 0.1) is 0 Å². The second-order valence-electron chi connectivity index (χ2n) is 7.72. The smallest absolute Gasteiger partial charge is 0.331 e. The maximum absolute atomic E-state index is 13.4. The van der Waals surface area contributed by atoms with Crippen molar-refractivity contribution in [3.63, 3.8) is 0 Å². The number of nitrogens with one attached hydrogen (secondary N) is 1. The summed E-state index contributed by atoms with van der Waals surface area (Å²) in [7, 11) is 0. The number of allylic oxidation sites excluding steroid dienone is 4. The van der Waals surface area contributed by atoms with Crippen LogP contribution in [0.3, 0.4) is 0 Å². The molecule has 0 fully saturated rings. The van der Waals surface area contributed by atoms with Gasteiger partial charge in [-0.05, 0) is 79.9 Å². The van der Waals surface area contributed by atoms with Gasteiger partial charge in [0.1, 0.15) is 0 Å². The lowest BCUT2D eigenvalue weighted by Crippen LogP contribution is -2.27. The van der Waals surface area contributed by atoms with Gasteiger partial charge in [0.05, 0.1) is 5.92 Å². The van der Waals surface area contributed by atoms with E-state index in [0.29, 0.717) is 43.0 Å². The number of carbonyl (C=O) groups excluding carboxylic acids is 1. The molecule has 0 saturated carbocycles. The number of ether oxygens (including phenoxy) is 2. The molecule has 0 saturated heterocycles. The number of nitrogens with zero attached hydrogens (tertiary/aromatic N) is 1. The van der Waals surface area contributed by atoms with E-state index < -0.39 is 11.9 Å². The zero-order valence-electron chi connectivity index (χ0n) is 19.2. The first kappa shape index (κ1) is 24.5. The van der Waals surface area contributed by atoms with Crippen LogP contribution >= 0.6 is 11.9 Å². The third-order valence-corrected chi connectivity index (χ3v) is 6.40. The zero-order chi connectivity index (χ0) is 23.8. The number of hydrogen-bond acceptors (Lipinski definition) is 6. The van der Waals surface area contributed by atoms with Crippen LogP contribution in [-0.4, -0.2) is 41.8 Å². The van der Waals surface area contributed by atoms with Gasteiger partial charge in [-0.2, -0.15) is 0 Å². The maximum Gasteiger partial charge on any atom is 0.331 e. The molecule has 33 heavy (non-hydrogen) atoms. The molecule has 0 radical (unpaired) electrons. The molecular weight excluding hydrogens is 440 g/mol. The number of hydrogen-bond donors (Lipinski definition) is 2. The van der Waals surface area contributed by atoms with Crippen molar-refractivity contribution >= 4 is 23.8 Å². The number of aliphatic carboxylic acids is 1. The predicted molar refractivity (Wildman–Crippen MR) is 130 cm³/mol. The van der Waals surface area contributed by atoms with E-state index in [0.717, 1.165) is 16.0 Å². The Balaban J connectivity index is 2.00. The molecule has 7 nitrogen and oxygen atoms in total. The first-order valence-corrected chi connectivity index (χ1v) is 11.8. The second kappa shape index (κ2) is 11.7. The number of carboxylic acid groups (broad SMARTS) is 1. The minimum Gasteiger partial charge on any atom is -0.478 e. The summed E-state index contributed by atoms with van der Waals surface area (Å²) in [5.41, 5.74) is 2.09. The van der Waals surface area contributed by atoms with E-state index in [1.165, 1.54) is 11.9 Å². The molecule has 0 aromatic heterocycles. The SMILES string of the molecule is C/C=C(\C)SNC(=O)C(/C1=C/N(CC)C/C=C(/C(=O)O)C/C=C\C1)c1ccc2c(c1)OCO2. The van der Waals surface area contributed by atoms with E-state index in [1.54, 1.807) is 6.08 Å². The first-order chi connectivity index (χ1) is 15.9. The van der Waals surface area contributed by atoms with Crippen LogP contribution in [0.2, 0.25) is 0 Å². The lowest BCUT2D eigenvalue weighted by atomic mass is 9.88. The second-order valence-corrected chi connectivity index (χ2v) is 8.77. The van der Waals surface area contributed by atoms with Crippen LogP contribution in [-0.2, 0) is 9.59 Å². The maximum atomic E-state index is 13.4. The van der Waals surface area contributed by atoms with Crippen molar-refractivity contribution in [2.24, 2.45) is 0 Å². The van der Waals surface area contributed by atoms with Crippen molar-refractivity contribution in [3.05, 3.63) is 70.3 Å². The van der Waals surface area contributed by atoms with E-state index in [2.05, 4.69) is 4.72 Å². The van der Waals surface area contributed by atoms with Crippen molar-refractivity contribution < 1.29 is 24.2 Å². The molecule has 0 spiro atoms. The summed E-state index contributed by atoms with van der Waals surface area (Å²) in [4.78, 5) is 28.0. The fourth-order valence-corrected chi connectivity index (χ4v) is 4.04. The van der Waals surface area contributed by atoms with Crippen molar-refractivity contribution in [1.82, 2.24) is 9.62 Å². The molecule has 0 aliphatic carbocycles. The number of carbonyl (C=O) groups is 2. The summed E-state index contributed by atoms with van der Waals surface area (Å²) in [6, 6.07) is 5.59. The van der Waals surface area contributed by atoms with Gasteiger partial charge < -0.3 is 19.5 Å². The topological polar surface area (TPSA) is 88.1 Å². The average Bonchev–Trinajstić information content (AvgIpc) is 3.28. The van der Waals surface area contributed by atoms with Gasteiger partial charge in [-0.1, -0.05) is 30.4 Å². The Morgan fingerprint density at radius 3 is 2.73 bits per heavy atom. The van der Waals surface area contributed by atoms with Crippen LogP contribution in [0.5, 0.6) is 11.5 Å². The van der Waals surface area contributed by atoms with Crippen LogP contribution < -0.4 is 14.2 Å². The normalized spacial score (nSPS) is 21.3. The Labute approximate surface area is 199 Å². The fourth-order valence-electron chi connectivity index (χ4n) is 3.54. The van der Waals surface area contributed by atoms with E-state index >= 15 is 0 Å². The minimum absolute atomic E-state index is 0.130. The largest absolute Gasteiger partial charge is 0.478 e. The van der Waals surface area contributed by atoms with Crippen molar-refractivity contribution in [2.45, 2.75) is 39.5 Å².